The van der Waals surface area contributed by atoms with Gasteiger partial charge in [0.15, 0.2) is 0 Å². The van der Waals surface area contributed by atoms with Crippen molar-refractivity contribution in [3.8, 4) is 5.75 Å². The first-order valence-electron chi connectivity index (χ1n) is 9.76. The zero-order chi connectivity index (χ0) is 20.4. The van der Waals surface area contributed by atoms with Crippen LogP contribution in [0, 0.1) is 0 Å². The van der Waals surface area contributed by atoms with Gasteiger partial charge in [-0.25, -0.2) is 0 Å². The van der Waals surface area contributed by atoms with Crippen molar-refractivity contribution in [2.45, 2.75) is 19.1 Å². The fraction of sp³-hybridized carbons (Fsp3) is 0.364. The van der Waals surface area contributed by atoms with Gasteiger partial charge < -0.3 is 24.6 Å². The van der Waals surface area contributed by atoms with Crippen LogP contribution >= 0.6 is 0 Å². The van der Waals surface area contributed by atoms with Crippen LogP contribution in [0.3, 0.4) is 0 Å². The average molecular weight is 395 g/mol. The lowest BCUT2D eigenvalue weighted by atomic mass is 10.00. The molecule has 1 amide bonds. The highest BCUT2D eigenvalue weighted by atomic mass is 16.5. The molecule has 0 aliphatic carbocycles. The summed E-state index contributed by atoms with van der Waals surface area (Å²) in [5.74, 6) is -1.35. The molecule has 7 heteroatoms. The fourth-order valence-electron chi connectivity index (χ4n) is 3.98. The van der Waals surface area contributed by atoms with Crippen molar-refractivity contribution in [2.75, 3.05) is 32.8 Å². The van der Waals surface area contributed by atoms with Gasteiger partial charge in [0.2, 0.25) is 0 Å². The molecule has 1 atom stereocenters. The Hall–Kier alpha value is -2.90. The molecule has 2 aliphatic rings. The molecule has 7 nitrogen and oxygen atoms in total. The quantitative estimate of drug-likeness (QED) is 0.783. The maximum absolute atomic E-state index is 12.9. The number of carboxylic acid groups (broad SMARTS) is 1. The van der Waals surface area contributed by atoms with E-state index in [2.05, 4.69) is 17.0 Å². The van der Waals surface area contributed by atoms with Gasteiger partial charge in [-0.15, -0.1) is 0 Å². The number of hydrogen-bond donors (Lipinski definition) is 1. The van der Waals surface area contributed by atoms with E-state index in [-0.39, 0.29) is 30.4 Å². The van der Waals surface area contributed by atoms with Gasteiger partial charge in [0.05, 0.1) is 24.2 Å². The van der Waals surface area contributed by atoms with E-state index >= 15 is 0 Å². The number of fused-ring (bicyclic) bond motifs is 2. The van der Waals surface area contributed by atoms with E-state index < -0.39 is 12.1 Å². The molecule has 2 aliphatic heterocycles. The zero-order valence-corrected chi connectivity index (χ0v) is 16.0. The third-order valence-corrected chi connectivity index (χ3v) is 5.46. The molecular weight excluding hydrogens is 372 g/mol. The monoisotopic (exact) mass is 395 g/mol. The Morgan fingerprint density at radius 2 is 1.93 bits per heavy atom. The minimum Gasteiger partial charge on any atom is -0.545 e. The fourth-order valence-corrected chi connectivity index (χ4v) is 3.98. The number of rotatable bonds is 5. The summed E-state index contributed by atoms with van der Waals surface area (Å²) in [7, 11) is 0. The first kappa shape index (κ1) is 19.4. The number of aromatic carboxylic acids is 1. The molecule has 0 unspecified atom stereocenters. The van der Waals surface area contributed by atoms with Crippen molar-refractivity contribution in [3.05, 3.63) is 64.7 Å². The van der Waals surface area contributed by atoms with Crippen LogP contribution in [0.15, 0.2) is 42.5 Å². The largest absolute Gasteiger partial charge is 0.545 e. The standard InChI is InChI=1S/C22H24N2O5/c25-18(13-23-8-7-15-3-1-2-4-17(15)12-23)14-24-9-10-29-20-11-16(22(27)28)5-6-19(20)21(24)26/h1-6,11,18,25H,7-10,12-14H2,(H,27,28)/p-1/t18-/m1/s1. The van der Waals surface area contributed by atoms with Crippen LogP contribution < -0.4 is 9.84 Å². The normalized spacial score (nSPS) is 17.7. The first-order chi connectivity index (χ1) is 14.0. The SMILES string of the molecule is O=C([O-])c1ccc2c(c1)OCCN(C[C@H](O)CN1CCc3ccccc3C1)C2=O. The number of aliphatic hydroxyl groups is 1. The van der Waals surface area contributed by atoms with Crippen molar-refractivity contribution < 1.29 is 24.5 Å². The van der Waals surface area contributed by atoms with E-state index in [1.165, 1.54) is 29.3 Å². The van der Waals surface area contributed by atoms with Crippen molar-refractivity contribution in [1.82, 2.24) is 9.80 Å². The third kappa shape index (κ3) is 4.26. The van der Waals surface area contributed by atoms with E-state index in [0.29, 0.717) is 18.7 Å². The Kier molecular flexibility index (Phi) is 5.51. The van der Waals surface area contributed by atoms with Gasteiger partial charge in [0.25, 0.3) is 5.91 Å². The second kappa shape index (κ2) is 8.23. The molecule has 29 heavy (non-hydrogen) atoms. The number of nitrogens with zero attached hydrogens (tertiary/aromatic N) is 2. The molecule has 1 N–H and O–H groups in total. The summed E-state index contributed by atoms with van der Waals surface area (Å²) in [6.07, 6.45) is 0.265. The first-order valence-corrected chi connectivity index (χ1v) is 9.76. The van der Waals surface area contributed by atoms with Crippen molar-refractivity contribution in [1.29, 1.82) is 0 Å². The maximum Gasteiger partial charge on any atom is 0.257 e. The van der Waals surface area contributed by atoms with Crippen LogP contribution in [0.1, 0.15) is 31.8 Å². The lowest BCUT2D eigenvalue weighted by Crippen LogP contribution is -2.44. The molecule has 2 aromatic rings. The highest BCUT2D eigenvalue weighted by molar-refractivity contribution is 5.98. The minimum atomic E-state index is -1.32. The molecule has 0 radical (unpaired) electrons. The number of carboxylic acids is 1. The highest BCUT2D eigenvalue weighted by Gasteiger charge is 2.27. The van der Waals surface area contributed by atoms with E-state index in [9.17, 15) is 19.8 Å². The molecule has 0 saturated carbocycles. The number of carbonyl (C=O) groups is 2. The summed E-state index contributed by atoms with van der Waals surface area (Å²) in [5.41, 5.74) is 2.90. The molecule has 0 spiro atoms. The number of benzene rings is 2. The molecule has 0 fully saturated rings. The summed E-state index contributed by atoms with van der Waals surface area (Å²) in [4.78, 5) is 27.7. The van der Waals surface area contributed by atoms with Gasteiger partial charge in [-0.2, -0.15) is 0 Å². The summed E-state index contributed by atoms with van der Waals surface area (Å²) in [5, 5.41) is 21.6. The van der Waals surface area contributed by atoms with Crippen molar-refractivity contribution in [2.24, 2.45) is 0 Å². The molecule has 152 valence electrons. The van der Waals surface area contributed by atoms with Gasteiger partial charge in [0, 0.05) is 31.7 Å². The Labute approximate surface area is 169 Å². The summed E-state index contributed by atoms with van der Waals surface area (Å²) in [6, 6.07) is 12.4. The van der Waals surface area contributed by atoms with E-state index in [1.54, 1.807) is 4.90 Å². The number of amides is 1. The predicted octanol–water partition coefficient (Wildman–Crippen LogP) is 0.304. The number of aliphatic hydroxyl groups excluding tert-OH is 1. The predicted molar refractivity (Wildman–Crippen MR) is 104 cm³/mol. The van der Waals surface area contributed by atoms with E-state index in [1.807, 2.05) is 12.1 Å². The summed E-state index contributed by atoms with van der Waals surface area (Å²) < 4.78 is 5.56. The smallest absolute Gasteiger partial charge is 0.257 e. The molecule has 0 saturated heterocycles. The topological polar surface area (TPSA) is 93.1 Å². The van der Waals surface area contributed by atoms with Crippen molar-refractivity contribution in [3.63, 3.8) is 0 Å². The van der Waals surface area contributed by atoms with Gasteiger partial charge in [-0.1, -0.05) is 30.3 Å². The average Bonchev–Trinajstić information content (AvgIpc) is 2.86. The zero-order valence-electron chi connectivity index (χ0n) is 16.0. The maximum atomic E-state index is 12.9. The molecule has 2 aromatic carbocycles. The summed E-state index contributed by atoms with van der Waals surface area (Å²) >= 11 is 0. The Balaban J connectivity index is 1.40. The van der Waals surface area contributed by atoms with Gasteiger partial charge >= 0.3 is 0 Å². The van der Waals surface area contributed by atoms with Crippen LogP contribution in [0.4, 0.5) is 0 Å². The van der Waals surface area contributed by atoms with Crippen molar-refractivity contribution >= 4 is 11.9 Å². The molecule has 0 bridgehead atoms. The van der Waals surface area contributed by atoms with Crippen LogP contribution in [0.2, 0.25) is 0 Å². The van der Waals surface area contributed by atoms with Crippen LogP contribution in [-0.4, -0.2) is 65.7 Å². The van der Waals surface area contributed by atoms with E-state index in [0.717, 1.165) is 19.5 Å². The number of ether oxygens (including phenoxy) is 1. The Bertz CT molecular complexity index is 929. The highest BCUT2D eigenvalue weighted by Crippen LogP contribution is 2.25. The van der Waals surface area contributed by atoms with Crippen LogP contribution in [-0.2, 0) is 13.0 Å². The van der Waals surface area contributed by atoms with E-state index in [4.69, 9.17) is 4.74 Å². The Morgan fingerprint density at radius 1 is 1.14 bits per heavy atom. The lowest BCUT2D eigenvalue weighted by Gasteiger charge is -2.32. The molecule has 2 heterocycles. The number of carbonyl (C=O) groups excluding carboxylic acids is 2. The molecule has 0 aromatic heterocycles. The number of hydrogen-bond acceptors (Lipinski definition) is 6. The Morgan fingerprint density at radius 3 is 2.72 bits per heavy atom. The third-order valence-electron chi connectivity index (χ3n) is 5.46. The lowest BCUT2D eigenvalue weighted by molar-refractivity contribution is -0.255. The molecule has 4 rings (SSSR count). The van der Waals surface area contributed by atoms with Gasteiger partial charge in [-0.3, -0.25) is 9.69 Å². The van der Waals surface area contributed by atoms with Crippen LogP contribution in [0.25, 0.3) is 0 Å². The van der Waals surface area contributed by atoms with Crippen LogP contribution in [0.5, 0.6) is 5.75 Å². The number of β-amino-alcohol motifs (C(OH)–C–C–N with tert-alkyl or cyclic N) is 1. The second-order valence-electron chi connectivity index (χ2n) is 7.51. The van der Waals surface area contributed by atoms with Gasteiger partial charge in [-0.05, 0) is 29.7 Å². The second-order valence-corrected chi connectivity index (χ2v) is 7.51. The molecular formula is C22H23N2O5-. The summed E-state index contributed by atoms with van der Waals surface area (Å²) in [6.45, 7) is 2.91. The van der Waals surface area contributed by atoms with Gasteiger partial charge in [0.1, 0.15) is 12.4 Å². The minimum absolute atomic E-state index is 0.0320.